The van der Waals surface area contributed by atoms with Crippen molar-refractivity contribution in [2.75, 3.05) is 0 Å². The van der Waals surface area contributed by atoms with Crippen molar-refractivity contribution in [1.29, 1.82) is 0 Å². The summed E-state index contributed by atoms with van der Waals surface area (Å²) >= 11 is 0. The fourth-order valence-corrected chi connectivity index (χ4v) is 2.48. The SMILES string of the molecule is Cc1ccc(C)nc1.Cc1ccnc(C)c1.Cc1ccncc1C.Cc1cncc(C)c1. The third-order valence-corrected chi connectivity index (χ3v) is 4.42. The maximum atomic E-state index is 4.08. The van der Waals surface area contributed by atoms with E-state index in [1.165, 1.54) is 33.4 Å². The van der Waals surface area contributed by atoms with Gasteiger partial charge in [-0.2, -0.15) is 0 Å². The highest BCUT2D eigenvalue weighted by Gasteiger charge is 1.85. The van der Waals surface area contributed by atoms with Crippen LogP contribution in [0, 0.1) is 55.4 Å². The van der Waals surface area contributed by atoms with Gasteiger partial charge in [-0.15, -0.1) is 0 Å². The summed E-state index contributed by atoms with van der Waals surface area (Å²) in [5.41, 5.74) is 9.68. The Morgan fingerprint density at radius 1 is 0.438 bits per heavy atom. The van der Waals surface area contributed by atoms with Crippen molar-refractivity contribution >= 4 is 0 Å². The molecule has 0 aliphatic carbocycles. The summed E-state index contributed by atoms with van der Waals surface area (Å²) < 4.78 is 0. The van der Waals surface area contributed by atoms with Crippen molar-refractivity contribution in [1.82, 2.24) is 19.9 Å². The second-order valence-corrected chi connectivity index (χ2v) is 7.95. The summed E-state index contributed by atoms with van der Waals surface area (Å²) in [6, 6.07) is 12.2. The number of aromatic nitrogens is 4. The first-order valence-corrected chi connectivity index (χ1v) is 10.7. The largest absolute Gasteiger partial charge is 0.264 e. The summed E-state index contributed by atoms with van der Waals surface area (Å²) in [5, 5.41) is 0. The van der Waals surface area contributed by atoms with Gasteiger partial charge in [0.1, 0.15) is 0 Å². The number of hydrogen-bond donors (Lipinski definition) is 0. The molecule has 4 heterocycles. The van der Waals surface area contributed by atoms with Gasteiger partial charge < -0.3 is 0 Å². The zero-order valence-corrected chi connectivity index (χ0v) is 20.7. The average Bonchev–Trinajstić information content (AvgIpc) is 2.73. The molecule has 0 saturated carbocycles. The maximum absolute atomic E-state index is 4.08. The quantitative estimate of drug-likeness (QED) is 0.309. The molecular formula is C28H36N4. The van der Waals surface area contributed by atoms with Crippen LogP contribution in [0.5, 0.6) is 0 Å². The van der Waals surface area contributed by atoms with Crippen LogP contribution in [-0.2, 0) is 0 Å². The van der Waals surface area contributed by atoms with E-state index in [9.17, 15) is 0 Å². The molecule has 0 unspecified atom stereocenters. The van der Waals surface area contributed by atoms with Crippen molar-refractivity contribution in [3.05, 3.63) is 118 Å². The first-order valence-electron chi connectivity index (χ1n) is 10.7. The Labute approximate surface area is 193 Å². The zero-order valence-electron chi connectivity index (χ0n) is 20.7. The number of aryl methyl sites for hydroxylation is 8. The predicted octanol–water partition coefficient (Wildman–Crippen LogP) is 6.79. The third-order valence-electron chi connectivity index (χ3n) is 4.42. The number of rotatable bonds is 0. The predicted molar refractivity (Wildman–Crippen MR) is 135 cm³/mol. The van der Waals surface area contributed by atoms with Crippen LogP contribution in [0.3, 0.4) is 0 Å². The highest BCUT2D eigenvalue weighted by molar-refractivity contribution is 5.19. The lowest BCUT2D eigenvalue weighted by atomic mass is 10.2. The van der Waals surface area contributed by atoms with Crippen LogP contribution in [0.2, 0.25) is 0 Å². The van der Waals surface area contributed by atoms with E-state index in [4.69, 9.17) is 0 Å². The van der Waals surface area contributed by atoms with E-state index in [1.807, 2.05) is 90.0 Å². The zero-order chi connectivity index (χ0) is 23.9. The summed E-state index contributed by atoms with van der Waals surface area (Å²) in [4.78, 5) is 16.0. The van der Waals surface area contributed by atoms with Gasteiger partial charge in [-0.25, -0.2) is 0 Å². The molecule has 4 aromatic rings. The molecule has 0 spiro atoms. The third kappa shape index (κ3) is 12.3. The van der Waals surface area contributed by atoms with Gasteiger partial charge in [0.15, 0.2) is 0 Å². The fourth-order valence-electron chi connectivity index (χ4n) is 2.48. The van der Waals surface area contributed by atoms with Crippen molar-refractivity contribution in [2.45, 2.75) is 55.4 Å². The minimum Gasteiger partial charge on any atom is -0.264 e. The highest BCUT2D eigenvalue weighted by Crippen LogP contribution is 2.00. The van der Waals surface area contributed by atoms with Crippen LogP contribution in [-0.4, -0.2) is 19.9 Å². The van der Waals surface area contributed by atoms with Crippen molar-refractivity contribution in [2.24, 2.45) is 0 Å². The monoisotopic (exact) mass is 428 g/mol. The smallest absolute Gasteiger partial charge is 0.0375 e. The molecule has 4 heteroatoms. The number of hydrogen-bond acceptors (Lipinski definition) is 4. The molecule has 0 aliphatic heterocycles. The molecule has 4 aromatic heterocycles. The lowest BCUT2D eigenvalue weighted by Crippen LogP contribution is -1.78. The molecule has 0 fully saturated rings. The van der Waals surface area contributed by atoms with Crippen LogP contribution >= 0.6 is 0 Å². The fraction of sp³-hybridized carbons (Fsp3) is 0.286. The minimum absolute atomic E-state index is 1.08. The Kier molecular flexibility index (Phi) is 12.1. The second-order valence-electron chi connectivity index (χ2n) is 7.95. The van der Waals surface area contributed by atoms with Crippen molar-refractivity contribution in [3.63, 3.8) is 0 Å². The van der Waals surface area contributed by atoms with Gasteiger partial charge in [0.2, 0.25) is 0 Å². The average molecular weight is 429 g/mol. The molecule has 0 atom stereocenters. The van der Waals surface area contributed by atoms with E-state index in [-0.39, 0.29) is 0 Å². The van der Waals surface area contributed by atoms with Gasteiger partial charge in [-0.1, -0.05) is 12.1 Å². The van der Waals surface area contributed by atoms with Gasteiger partial charge in [-0.3, -0.25) is 19.9 Å². The molecule has 32 heavy (non-hydrogen) atoms. The Bertz CT molecular complexity index is 937. The van der Waals surface area contributed by atoms with Gasteiger partial charge in [0.05, 0.1) is 0 Å². The van der Waals surface area contributed by atoms with Gasteiger partial charge in [-0.05, 0) is 113 Å². The Hall–Kier alpha value is -3.40. The Balaban J connectivity index is 0.000000213. The first kappa shape index (κ1) is 26.6. The Morgan fingerprint density at radius 2 is 1.12 bits per heavy atom. The molecule has 4 nitrogen and oxygen atoms in total. The van der Waals surface area contributed by atoms with Crippen LogP contribution in [0.1, 0.15) is 44.8 Å². The molecule has 0 aromatic carbocycles. The van der Waals surface area contributed by atoms with Gasteiger partial charge in [0.25, 0.3) is 0 Å². The number of nitrogens with zero attached hydrogens (tertiary/aromatic N) is 4. The summed E-state index contributed by atoms with van der Waals surface area (Å²) in [5.74, 6) is 0. The molecule has 0 radical (unpaired) electrons. The molecular weight excluding hydrogens is 392 g/mol. The van der Waals surface area contributed by atoms with E-state index in [0.29, 0.717) is 0 Å². The van der Waals surface area contributed by atoms with E-state index >= 15 is 0 Å². The minimum atomic E-state index is 1.08. The number of pyridine rings is 4. The van der Waals surface area contributed by atoms with E-state index in [2.05, 4.69) is 58.9 Å². The van der Waals surface area contributed by atoms with Crippen LogP contribution in [0.4, 0.5) is 0 Å². The van der Waals surface area contributed by atoms with E-state index in [1.54, 1.807) is 0 Å². The molecule has 0 amide bonds. The van der Waals surface area contributed by atoms with E-state index < -0.39 is 0 Å². The molecule has 0 saturated heterocycles. The molecule has 0 bridgehead atoms. The summed E-state index contributed by atoms with van der Waals surface area (Å²) in [7, 11) is 0. The lowest BCUT2D eigenvalue weighted by Gasteiger charge is -1.92. The van der Waals surface area contributed by atoms with Gasteiger partial charge in [0, 0.05) is 48.6 Å². The molecule has 168 valence electrons. The molecule has 0 N–H and O–H groups in total. The maximum Gasteiger partial charge on any atom is 0.0375 e. The first-order chi connectivity index (χ1) is 15.2. The summed E-state index contributed by atoms with van der Waals surface area (Å²) in [6.07, 6.45) is 11.1. The summed E-state index contributed by atoms with van der Waals surface area (Å²) in [6.45, 7) is 16.3. The second kappa shape index (κ2) is 14.6. The topological polar surface area (TPSA) is 51.6 Å². The van der Waals surface area contributed by atoms with E-state index in [0.717, 1.165) is 11.4 Å². The van der Waals surface area contributed by atoms with Crippen molar-refractivity contribution < 1.29 is 0 Å². The highest BCUT2D eigenvalue weighted by atomic mass is 14.7. The standard InChI is InChI=1S/4C7H9N/c1-6-3-7(2)5-8-4-6;1-6-3-4-8-5-7(6)2;1-6-3-4-8-7(2)5-6;1-6-3-4-7(2)8-5-6/h4*3-5H,1-2H3. The normalized spacial score (nSPS) is 9.25. The van der Waals surface area contributed by atoms with Crippen LogP contribution in [0.15, 0.2) is 73.6 Å². The Morgan fingerprint density at radius 3 is 1.47 bits per heavy atom. The van der Waals surface area contributed by atoms with Gasteiger partial charge >= 0.3 is 0 Å². The molecule has 0 aliphatic rings. The molecule has 4 rings (SSSR count). The van der Waals surface area contributed by atoms with Crippen molar-refractivity contribution in [3.8, 4) is 0 Å². The van der Waals surface area contributed by atoms with Crippen LogP contribution < -0.4 is 0 Å². The van der Waals surface area contributed by atoms with Crippen LogP contribution in [0.25, 0.3) is 0 Å². The lowest BCUT2D eigenvalue weighted by molar-refractivity contribution is 1.17.